The average Bonchev–Trinajstić information content (AvgIpc) is 2.61. The van der Waals surface area contributed by atoms with Crippen LogP contribution in [0.2, 0.25) is 0 Å². The SMILES string of the molecule is CC(=O)N1CCCN(C(=O)C(C)C(C)C(=O)O)CC1. The van der Waals surface area contributed by atoms with Crippen molar-refractivity contribution in [2.24, 2.45) is 11.8 Å². The van der Waals surface area contributed by atoms with Crippen LogP contribution in [0.5, 0.6) is 0 Å². The van der Waals surface area contributed by atoms with Gasteiger partial charge in [0, 0.05) is 39.0 Å². The summed E-state index contributed by atoms with van der Waals surface area (Å²) in [4.78, 5) is 37.8. The van der Waals surface area contributed by atoms with Gasteiger partial charge in [-0.2, -0.15) is 0 Å². The summed E-state index contributed by atoms with van der Waals surface area (Å²) >= 11 is 0. The maximum Gasteiger partial charge on any atom is 0.307 e. The van der Waals surface area contributed by atoms with Crippen LogP contribution >= 0.6 is 0 Å². The normalized spacial score (nSPS) is 19.5. The molecule has 0 aromatic rings. The van der Waals surface area contributed by atoms with Crippen molar-refractivity contribution in [1.29, 1.82) is 0 Å². The van der Waals surface area contributed by atoms with Gasteiger partial charge in [0.25, 0.3) is 0 Å². The Bertz CT molecular complexity index is 370. The zero-order valence-corrected chi connectivity index (χ0v) is 11.8. The minimum atomic E-state index is -0.957. The van der Waals surface area contributed by atoms with Crippen molar-refractivity contribution in [2.45, 2.75) is 27.2 Å². The van der Waals surface area contributed by atoms with Crippen LogP contribution in [0.25, 0.3) is 0 Å². The first-order valence-electron chi connectivity index (χ1n) is 6.61. The summed E-state index contributed by atoms with van der Waals surface area (Å²) in [7, 11) is 0. The van der Waals surface area contributed by atoms with E-state index < -0.39 is 17.8 Å². The fourth-order valence-electron chi connectivity index (χ4n) is 2.17. The summed E-state index contributed by atoms with van der Waals surface area (Å²) in [6.45, 7) is 6.96. The topological polar surface area (TPSA) is 77.9 Å². The van der Waals surface area contributed by atoms with E-state index in [1.807, 2.05) is 0 Å². The Morgan fingerprint density at radius 2 is 1.47 bits per heavy atom. The third kappa shape index (κ3) is 3.94. The Kier molecular flexibility index (Phi) is 5.32. The van der Waals surface area contributed by atoms with Crippen LogP contribution in [0.3, 0.4) is 0 Å². The lowest BCUT2D eigenvalue weighted by Gasteiger charge is -2.26. The fraction of sp³-hybridized carbons (Fsp3) is 0.769. The van der Waals surface area contributed by atoms with Gasteiger partial charge in [-0.05, 0) is 6.42 Å². The third-order valence-electron chi connectivity index (χ3n) is 3.78. The fourth-order valence-corrected chi connectivity index (χ4v) is 2.17. The van der Waals surface area contributed by atoms with Gasteiger partial charge in [0.05, 0.1) is 5.92 Å². The summed E-state index contributed by atoms with van der Waals surface area (Å²) in [5.74, 6) is -2.32. The van der Waals surface area contributed by atoms with Gasteiger partial charge in [0.2, 0.25) is 11.8 Å². The minimum Gasteiger partial charge on any atom is -0.481 e. The van der Waals surface area contributed by atoms with Crippen LogP contribution in [0.15, 0.2) is 0 Å². The first-order chi connectivity index (χ1) is 8.84. The van der Waals surface area contributed by atoms with Crippen molar-refractivity contribution < 1.29 is 19.5 Å². The van der Waals surface area contributed by atoms with E-state index in [4.69, 9.17) is 5.11 Å². The van der Waals surface area contributed by atoms with Crippen LogP contribution in [-0.4, -0.2) is 58.9 Å². The second-order valence-corrected chi connectivity index (χ2v) is 5.10. The number of carbonyl (C=O) groups excluding carboxylic acids is 2. The molecule has 1 aliphatic rings. The Labute approximate surface area is 113 Å². The summed E-state index contributed by atoms with van der Waals surface area (Å²) in [6.07, 6.45) is 0.736. The molecule has 1 fully saturated rings. The molecule has 2 unspecified atom stereocenters. The highest BCUT2D eigenvalue weighted by Crippen LogP contribution is 2.16. The van der Waals surface area contributed by atoms with Gasteiger partial charge in [-0.25, -0.2) is 0 Å². The molecule has 19 heavy (non-hydrogen) atoms. The van der Waals surface area contributed by atoms with Gasteiger partial charge in [-0.1, -0.05) is 13.8 Å². The molecular formula is C13H22N2O4. The maximum atomic E-state index is 12.2. The van der Waals surface area contributed by atoms with Crippen molar-refractivity contribution in [3.05, 3.63) is 0 Å². The highest BCUT2D eigenvalue weighted by Gasteiger charge is 2.30. The zero-order chi connectivity index (χ0) is 14.6. The molecule has 2 amide bonds. The Balaban J connectivity index is 2.63. The maximum absolute atomic E-state index is 12.2. The molecular weight excluding hydrogens is 248 g/mol. The van der Waals surface area contributed by atoms with Crippen molar-refractivity contribution in [3.8, 4) is 0 Å². The lowest BCUT2D eigenvalue weighted by molar-refractivity contribution is -0.149. The Hall–Kier alpha value is -1.59. The number of rotatable bonds is 3. The van der Waals surface area contributed by atoms with Crippen LogP contribution in [0.4, 0.5) is 0 Å². The number of amides is 2. The molecule has 1 heterocycles. The van der Waals surface area contributed by atoms with Crippen molar-refractivity contribution in [3.63, 3.8) is 0 Å². The number of carboxylic acid groups (broad SMARTS) is 1. The van der Waals surface area contributed by atoms with Gasteiger partial charge in [-0.15, -0.1) is 0 Å². The van der Waals surface area contributed by atoms with E-state index in [1.54, 1.807) is 23.6 Å². The first-order valence-corrected chi connectivity index (χ1v) is 6.61. The van der Waals surface area contributed by atoms with Gasteiger partial charge >= 0.3 is 5.97 Å². The number of carboxylic acids is 1. The molecule has 0 aromatic heterocycles. The molecule has 0 bridgehead atoms. The molecule has 6 heteroatoms. The number of hydrogen-bond donors (Lipinski definition) is 1. The molecule has 0 aromatic carbocycles. The first kappa shape index (κ1) is 15.5. The van der Waals surface area contributed by atoms with E-state index in [1.165, 1.54) is 6.92 Å². The second kappa shape index (κ2) is 6.54. The smallest absolute Gasteiger partial charge is 0.307 e. The molecule has 0 radical (unpaired) electrons. The highest BCUT2D eigenvalue weighted by atomic mass is 16.4. The predicted octanol–water partition coefficient (Wildman–Crippen LogP) is 0.424. The summed E-state index contributed by atoms with van der Waals surface area (Å²) < 4.78 is 0. The van der Waals surface area contributed by atoms with Crippen LogP contribution < -0.4 is 0 Å². The van der Waals surface area contributed by atoms with Crippen LogP contribution in [-0.2, 0) is 14.4 Å². The van der Waals surface area contributed by atoms with E-state index in [0.717, 1.165) is 6.42 Å². The highest BCUT2D eigenvalue weighted by molar-refractivity contribution is 5.84. The standard InChI is InChI=1S/C13H22N2O4/c1-9(10(2)13(18)19)12(17)15-6-4-5-14(7-8-15)11(3)16/h9-10H,4-8H2,1-3H3,(H,18,19). The summed E-state index contributed by atoms with van der Waals surface area (Å²) in [5.41, 5.74) is 0. The Morgan fingerprint density at radius 3 is 2.00 bits per heavy atom. The van der Waals surface area contributed by atoms with Gasteiger partial charge < -0.3 is 14.9 Å². The minimum absolute atomic E-state index is 0.0150. The second-order valence-electron chi connectivity index (χ2n) is 5.10. The van der Waals surface area contributed by atoms with E-state index in [0.29, 0.717) is 26.2 Å². The van der Waals surface area contributed by atoms with Crippen LogP contribution in [0.1, 0.15) is 27.2 Å². The summed E-state index contributed by atoms with van der Waals surface area (Å²) in [6, 6.07) is 0. The Morgan fingerprint density at radius 1 is 0.947 bits per heavy atom. The lowest BCUT2D eigenvalue weighted by atomic mass is 9.94. The number of carbonyl (C=O) groups is 3. The van der Waals surface area contributed by atoms with Crippen molar-refractivity contribution in [2.75, 3.05) is 26.2 Å². The predicted molar refractivity (Wildman–Crippen MR) is 69.4 cm³/mol. The summed E-state index contributed by atoms with van der Waals surface area (Å²) in [5, 5.41) is 8.95. The molecule has 1 rings (SSSR count). The molecule has 0 saturated carbocycles. The monoisotopic (exact) mass is 270 g/mol. The van der Waals surface area contributed by atoms with Crippen molar-refractivity contribution in [1.82, 2.24) is 9.80 Å². The zero-order valence-electron chi connectivity index (χ0n) is 11.8. The molecule has 1 N–H and O–H groups in total. The van der Waals surface area contributed by atoms with E-state index >= 15 is 0 Å². The van der Waals surface area contributed by atoms with Crippen molar-refractivity contribution >= 4 is 17.8 Å². The molecule has 108 valence electrons. The lowest BCUT2D eigenvalue weighted by Crippen LogP contribution is -2.41. The van der Waals surface area contributed by atoms with Crippen LogP contribution in [0, 0.1) is 11.8 Å². The largest absolute Gasteiger partial charge is 0.481 e. The molecule has 6 nitrogen and oxygen atoms in total. The molecule has 1 saturated heterocycles. The number of hydrogen-bond acceptors (Lipinski definition) is 3. The molecule has 2 atom stereocenters. The van der Waals surface area contributed by atoms with Gasteiger partial charge in [-0.3, -0.25) is 14.4 Å². The number of nitrogens with zero attached hydrogens (tertiary/aromatic N) is 2. The van der Waals surface area contributed by atoms with E-state index in [2.05, 4.69) is 0 Å². The third-order valence-corrected chi connectivity index (χ3v) is 3.78. The van der Waals surface area contributed by atoms with E-state index in [9.17, 15) is 14.4 Å². The molecule has 0 aliphatic carbocycles. The molecule has 0 spiro atoms. The van der Waals surface area contributed by atoms with Gasteiger partial charge in [0.15, 0.2) is 0 Å². The number of aliphatic carboxylic acids is 1. The van der Waals surface area contributed by atoms with E-state index in [-0.39, 0.29) is 11.8 Å². The quantitative estimate of drug-likeness (QED) is 0.806. The molecule has 1 aliphatic heterocycles. The average molecular weight is 270 g/mol. The van der Waals surface area contributed by atoms with Gasteiger partial charge in [0.1, 0.15) is 0 Å².